The molecule has 0 unspecified atom stereocenters. The largest absolute Gasteiger partial charge is 0.384 e. The van der Waals surface area contributed by atoms with E-state index < -0.39 is 0 Å². The first-order valence-corrected chi connectivity index (χ1v) is 5.36. The van der Waals surface area contributed by atoms with Crippen molar-refractivity contribution in [2.24, 2.45) is 5.73 Å². The molecule has 0 aliphatic carbocycles. The number of amidine groups is 1. The second-order valence-corrected chi connectivity index (χ2v) is 3.66. The van der Waals surface area contributed by atoms with Crippen molar-refractivity contribution >= 4 is 23.1 Å². The highest BCUT2D eigenvalue weighted by atomic mass is 35.5. The molecule has 0 amide bonds. The summed E-state index contributed by atoms with van der Waals surface area (Å²) in [7, 11) is 0. The molecular formula is C11H16ClN3. The summed E-state index contributed by atoms with van der Waals surface area (Å²) in [6.45, 7) is 5.99. The Morgan fingerprint density at radius 2 is 2.00 bits per heavy atom. The topological polar surface area (TPSA) is 53.1 Å². The molecule has 0 saturated heterocycles. The van der Waals surface area contributed by atoms with E-state index in [0.717, 1.165) is 18.8 Å². The fourth-order valence-corrected chi connectivity index (χ4v) is 1.80. The zero-order valence-electron chi connectivity index (χ0n) is 9.05. The van der Waals surface area contributed by atoms with Gasteiger partial charge in [0, 0.05) is 18.7 Å². The van der Waals surface area contributed by atoms with Gasteiger partial charge in [0.05, 0.1) is 10.7 Å². The minimum absolute atomic E-state index is 0.0444. The normalized spacial score (nSPS) is 10.1. The van der Waals surface area contributed by atoms with Gasteiger partial charge in [-0.3, -0.25) is 5.41 Å². The van der Waals surface area contributed by atoms with Gasteiger partial charge in [-0.15, -0.1) is 0 Å². The Kier molecular flexibility index (Phi) is 3.97. The predicted molar refractivity (Wildman–Crippen MR) is 66.0 cm³/mol. The number of nitrogens with one attached hydrogen (secondary N) is 1. The molecule has 1 aromatic carbocycles. The van der Waals surface area contributed by atoms with Crippen LogP contribution >= 0.6 is 11.6 Å². The fraction of sp³-hybridized carbons (Fsp3) is 0.364. The Labute approximate surface area is 95.3 Å². The highest BCUT2D eigenvalue weighted by molar-refractivity contribution is 6.33. The lowest BCUT2D eigenvalue weighted by Gasteiger charge is -2.22. The minimum Gasteiger partial charge on any atom is -0.384 e. The van der Waals surface area contributed by atoms with Crippen LogP contribution in [-0.4, -0.2) is 18.9 Å². The number of benzene rings is 1. The zero-order valence-corrected chi connectivity index (χ0v) is 9.80. The third kappa shape index (κ3) is 2.63. The Morgan fingerprint density at radius 1 is 1.40 bits per heavy atom. The highest BCUT2D eigenvalue weighted by Gasteiger charge is 2.08. The first kappa shape index (κ1) is 11.9. The summed E-state index contributed by atoms with van der Waals surface area (Å²) < 4.78 is 0. The van der Waals surface area contributed by atoms with Crippen LogP contribution in [-0.2, 0) is 0 Å². The Balaban J connectivity index is 3.07. The van der Waals surface area contributed by atoms with Crippen LogP contribution < -0.4 is 10.6 Å². The van der Waals surface area contributed by atoms with Gasteiger partial charge in [-0.25, -0.2) is 0 Å². The first-order valence-electron chi connectivity index (χ1n) is 4.99. The smallest absolute Gasteiger partial charge is 0.122 e. The molecule has 0 aliphatic heterocycles. The van der Waals surface area contributed by atoms with Crippen molar-refractivity contribution in [3.05, 3.63) is 28.8 Å². The van der Waals surface area contributed by atoms with E-state index in [1.165, 1.54) is 0 Å². The monoisotopic (exact) mass is 225 g/mol. The van der Waals surface area contributed by atoms with Crippen LogP contribution in [0.15, 0.2) is 18.2 Å². The van der Waals surface area contributed by atoms with Gasteiger partial charge in [0.1, 0.15) is 5.84 Å². The van der Waals surface area contributed by atoms with Gasteiger partial charge in [0.25, 0.3) is 0 Å². The summed E-state index contributed by atoms with van der Waals surface area (Å²) in [4.78, 5) is 2.16. The van der Waals surface area contributed by atoms with Crippen molar-refractivity contribution in [3.8, 4) is 0 Å². The second-order valence-electron chi connectivity index (χ2n) is 3.25. The van der Waals surface area contributed by atoms with Gasteiger partial charge in [-0.05, 0) is 32.0 Å². The second kappa shape index (κ2) is 5.03. The molecule has 0 radical (unpaired) electrons. The average molecular weight is 226 g/mol. The molecule has 0 fully saturated rings. The molecule has 4 heteroatoms. The fourth-order valence-electron chi connectivity index (χ4n) is 1.50. The van der Waals surface area contributed by atoms with E-state index >= 15 is 0 Å². The van der Waals surface area contributed by atoms with Crippen LogP contribution in [0.1, 0.15) is 19.4 Å². The molecule has 0 aromatic heterocycles. The van der Waals surface area contributed by atoms with Gasteiger partial charge in [-0.1, -0.05) is 11.6 Å². The molecular weight excluding hydrogens is 210 g/mol. The van der Waals surface area contributed by atoms with Gasteiger partial charge in [0.15, 0.2) is 0 Å². The van der Waals surface area contributed by atoms with E-state index in [4.69, 9.17) is 22.7 Å². The summed E-state index contributed by atoms with van der Waals surface area (Å²) in [5.74, 6) is 0.0444. The van der Waals surface area contributed by atoms with Crippen molar-refractivity contribution < 1.29 is 0 Å². The molecule has 3 nitrogen and oxygen atoms in total. The molecule has 82 valence electrons. The maximum absolute atomic E-state index is 7.31. The summed E-state index contributed by atoms with van der Waals surface area (Å²) in [5.41, 5.74) is 7.04. The Morgan fingerprint density at radius 3 is 2.40 bits per heavy atom. The number of anilines is 1. The molecule has 3 N–H and O–H groups in total. The molecule has 1 rings (SSSR count). The summed E-state index contributed by atoms with van der Waals surface area (Å²) >= 11 is 6.13. The number of rotatable bonds is 4. The number of nitrogens with zero attached hydrogens (tertiary/aromatic N) is 1. The van der Waals surface area contributed by atoms with E-state index in [2.05, 4.69) is 18.7 Å². The molecule has 0 saturated carbocycles. The zero-order chi connectivity index (χ0) is 11.4. The third-order valence-corrected chi connectivity index (χ3v) is 2.67. The molecule has 0 heterocycles. The van der Waals surface area contributed by atoms with E-state index in [1.807, 2.05) is 12.1 Å². The minimum atomic E-state index is 0.0444. The van der Waals surface area contributed by atoms with E-state index in [9.17, 15) is 0 Å². The number of nitrogens with two attached hydrogens (primary N) is 1. The predicted octanol–water partition coefficient (Wildman–Crippen LogP) is 2.47. The molecule has 0 bridgehead atoms. The van der Waals surface area contributed by atoms with Gasteiger partial charge < -0.3 is 10.6 Å². The lowest BCUT2D eigenvalue weighted by molar-refractivity contribution is 0.866. The van der Waals surface area contributed by atoms with Crippen LogP contribution in [0.5, 0.6) is 0 Å². The molecule has 0 atom stereocenters. The molecule has 15 heavy (non-hydrogen) atoms. The lowest BCUT2D eigenvalue weighted by Crippen LogP contribution is -2.22. The van der Waals surface area contributed by atoms with Crippen molar-refractivity contribution in [1.29, 1.82) is 5.41 Å². The van der Waals surface area contributed by atoms with Gasteiger partial charge >= 0.3 is 0 Å². The number of nitrogen functional groups attached to an aromatic ring is 1. The SMILES string of the molecule is CCN(CC)c1ccc(C(=N)N)cc1Cl. The number of hydrogen-bond donors (Lipinski definition) is 2. The number of halogens is 1. The quantitative estimate of drug-likeness (QED) is 0.611. The van der Waals surface area contributed by atoms with Crippen molar-refractivity contribution in [2.75, 3.05) is 18.0 Å². The Hall–Kier alpha value is -1.22. The molecule has 1 aromatic rings. The summed E-state index contributed by atoms with van der Waals surface area (Å²) in [5, 5.41) is 7.95. The van der Waals surface area contributed by atoms with Gasteiger partial charge in [-0.2, -0.15) is 0 Å². The molecule has 0 aliphatic rings. The van der Waals surface area contributed by atoms with Crippen molar-refractivity contribution in [2.45, 2.75) is 13.8 Å². The standard InChI is InChI=1S/C11H16ClN3/c1-3-15(4-2)10-6-5-8(11(13)14)7-9(10)12/h5-7H,3-4H2,1-2H3,(H3,13,14). The van der Waals surface area contributed by atoms with Crippen LogP contribution in [0.2, 0.25) is 5.02 Å². The van der Waals surface area contributed by atoms with Gasteiger partial charge in [0.2, 0.25) is 0 Å². The van der Waals surface area contributed by atoms with E-state index in [0.29, 0.717) is 10.6 Å². The first-order chi connectivity index (χ1) is 7.10. The van der Waals surface area contributed by atoms with Crippen LogP contribution in [0.25, 0.3) is 0 Å². The highest BCUT2D eigenvalue weighted by Crippen LogP contribution is 2.26. The van der Waals surface area contributed by atoms with Crippen LogP contribution in [0.3, 0.4) is 0 Å². The number of hydrogen-bond acceptors (Lipinski definition) is 2. The third-order valence-electron chi connectivity index (χ3n) is 2.36. The average Bonchev–Trinajstić information content (AvgIpc) is 2.21. The Bertz CT molecular complexity index is 359. The van der Waals surface area contributed by atoms with E-state index in [-0.39, 0.29) is 5.84 Å². The van der Waals surface area contributed by atoms with E-state index in [1.54, 1.807) is 6.07 Å². The van der Waals surface area contributed by atoms with Crippen molar-refractivity contribution in [1.82, 2.24) is 0 Å². The summed E-state index contributed by atoms with van der Waals surface area (Å²) in [6.07, 6.45) is 0. The van der Waals surface area contributed by atoms with Crippen LogP contribution in [0.4, 0.5) is 5.69 Å². The maximum Gasteiger partial charge on any atom is 0.122 e. The lowest BCUT2D eigenvalue weighted by atomic mass is 10.2. The van der Waals surface area contributed by atoms with Crippen LogP contribution in [0, 0.1) is 5.41 Å². The molecule has 0 spiro atoms. The summed E-state index contributed by atoms with van der Waals surface area (Å²) in [6, 6.07) is 5.46. The maximum atomic E-state index is 7.31. The van der Waals surface area contributed by atoms with Crippen molar-refractivity contribution in [3.63, 3.8) is 0 Å².